The van der Waals surface area contributed by atoms with Crippen LogP contribution in [0.5, 0.6) is 0 Å². The molecule has 66 valence electrons. The highest BCUT2D eigenvalue weighted by Crippen LogP contribution is 2.31. The molecule has 6 heteroatoms. The smallest absolute Gasteiger partial charge is 0.418 e. The van der Waals surface area contributed by atoms with Crippen LogP contribution in [-0.2, 0) is 6.18 Å². The van der Waals surface area contributed by atoms with E-state index in [-0.39, 0.29) is 0 Å². The van der Waals surface area contributed by atoms with Crippen LogP contribution in [0.15, 0.2) is 12.4 Å². The van der Waals surface area contributed by atoms with E-state index in [0.29, 0.717) is 6.20 Å². The molecule has 12 heavy (non-hydrogen) atoms. The van der Waals surface area contributed by atoms with E-state index in [1.165, 1.54) is 0 Å². The van der Waals surface area contributed by atoms with E-state index in [9.17, 15) is 18.0 Å². The first-order chi connectivity index (χ1) is 5.43. The van der Waals surface area contributed by atoms with Gasteiger partial charge in [0.25, 0.3) is 0 Å². The molecule has 0 saturated carbocycles. The van der Waals surface area contributed by atoms with Crippen LogP contribution in [0.1, 0.15) is 15.9 Å². The van der Waals surface area contributed by atoms with E-state index >= 15 is 0 Å². The third kappa shape index (κ3) is 1.41. The molecule has 3 nitrogen and oxygen atoms in total. The van der Waals surface area contributed by atoms with Crippen LogP contribution in [0.3, 0.4) is 0 Å². The molecule has 0 atom stereocenters. The highest BCUT2D eigenvalue weighted by atomic mass is 19.4. The summed E-state index contributed by atoms with van der Waals surface area (Å²) in [6.45, 7) is 0. The lowest BCUT2D eigenvalue weighted by atomic mass is 10.2. The third-order valence-electron chi connectivity index (χ3n) is 1.28. The van der Waals surface area contributed by atoms with Crippen molar-refractivity contribution in [1.82, 2.24) is 4.98 Å². The van der Waals surface area contributed by atoms with Gasteiger partial charge in [-0.2, -0.15) is 13.2 Å². The summed E-state index contributed by atoms with van der Waals surface area (Å²) < 4.78 is 35.9. The van der Waals surface area contributed by atoms with Crippen LogP contribution in [0.2, 0.25) is 0 Å². The van der Waals surface area contributed by atoms with Crippen molar-refractivity contribution in [2.75, 3.05) is 0 Å². The van der Waals surface area contributed by atoms with Gasteiger partial charge in [0.05, 0.1) is 11.1 Å². The fourth-order valence-corrected chi connectivity index (χ4v) is 0.775. The number of carboxylic acids is 1. The maximum Gasteiger partial charge on any atom is 0.418 e. The lowest BCUT2D eigenvalue weighted by Gasteiger charge is -2.03. The third-order valence-corrected chi connectivity index (χ3v) is 1.28. The van der Waals surface area contributed by atoms with Crippen LogP contribution >= 0.6 is 0 Å². The Labute approximate surface area is 64.8 Å². The number of alkyl halides is 3. The normalized spacial score (nSPS) is 11.6. The van der Waals surface area contributed by atoms with Crippen molar-refractivity contribution in [2.45, 2.75) is 6.18 Å². The molecule has 1 aromatic rings. The first-order valence-electron chi connectivity index (χ1n) is 2.90. The fourth-order valence-electron chi connectivity index (χ4n) is 0.775. The molecule has 1 aromatic heterocycles. The first-order valence-corrected chi connectivity index (χ1v) is 2.90. The summed E-state index contributed by atoms with van der Waals surface area (Å²) in [6.07, 6.45) is -3.21. The van der Waals surface area contributed by atoms with Gasteiger partial charge in [0.1, 0.15) is 0 Å². The minimum Gasteiger partial charge on any atom is -0.478 e. The zero-order valence-electron chi connectivity index (χ0n) is 5.64. The summed E-state index contributed by atoms with van der Waals surface area (Å²) in [7, 11) is 0. The van der Waals surface area contributed by atoms with E-state index in [0.717, 1.165) is 6.20 Å². The SMILES string of the molecule is O=C(O)c1c[nH]cc1C(F)(F)F. The average molecular weight is 179 g/mol. The van der Waals surface area contributed by atoms with Crippen LogP contribution < -0.4 is 0 Å². The van der Waals surface area contributed by atoms with Gasteiger partial charge < -0.3 is 10.1 Å². The molecule has 0 fully saturated rings. The van der Waals surface area contributed by atoms with Crippen molar-refractivity contribution in [3.8, 4) is 0 Å². The molecule has 0 amide bonds. The fraction of sp³-hybridized carbons (Fsp3) is 0.167. The maximum absolute atomic E-state index is 12.0. The molecule has 0 radical (unpaired) electrons. The Kier molecular flexibility index (Phi) is 1.83. The van der Waals surface area contributed by atoms with Gasteiger partial charge in [0.2, 0.25) is 0 Å². The summed E-state index contributed by atoms with van der Waals surface area (Å²) in [5, 5.41) is 8.30. The number of carboxylic acid groups (broad SMARTS) is 1. The van der Waals surface area contributed by atoms with Gasteiger partial charge in [-0.05, 0) is 0 Å². The molecule has 0 bridgehead atoms. The Hall–Kier alpha value is -1.46. The summed E-state index contributed by atoms with van der Waals surface area (Å²) in [5.74, 6) is -1.59. The number of aromatic amines is 1. The van der Waals surface area contributed by atoms with E-state index in [1.54, 1.807) is 0 Å². The second-order valence-electron chi connectivity index (χ2n) is 2.09. The lowest BCUT2D eigenvalue weighted by molar-refractivity contribution is -0.138. The number of hydrogen-bond acceptors (Lipinski definition) is 1. The average Bonchev–Trinajstić information content (AvgIpc) is 2.30. The van der Waals surface area contributed by atoms with Crippen LogP contribution in [0.25, 0.3) is 0 Å². The maximum atomic E-state index is 12.0. The Balaban J connectivity index is 3.17. The van der Waals surface area contributed by atoms with E-state index in [1.807, 2.05) is 0 Å². The Morgan fingerprint density at radius 1 is 1.42 bits per heavy atom. The van der Waals surface area contributed by atoms with Gasteiger partial charge in [-0.25, -0.2) is 4.79 Å². The minimum absolute atomic E-state index is 0.615. The topological polar surface area (TPSA) is 53.1 Å². The zero-order valence-corrected chi connectivity index (χ0v) is 5.64. The molecule has 0 aliphatic carbocycles. The quantitative estimate of drug-likeness (QED) is 0.689. The van der Waals surface area contributed by atoms with E-state index in [2.05, 4.69) is 4.98 Å². The number of carbonyl (C=O) groups is 1. The molecular weight excluding hydrogens is 175 g/mol. The molecular formula is C6H4F3NO2. The molecule has 0 unspecified atom stereocenters. The highest BCUT2D eigenvalue weighted by Gasteiger charge is 2.35. The zero-order chi connectivity index (χ0) is 9.35. The number of aromatic nitrogens is 1. The predicted molar refractivity (Wildman–Crippen MR) is 32.8 cm³/mol. The lowest BCUT2D eigenvalue weighted by Crippen LogP contribution is -2.09. The van der Waals surface area contributed by atoms with Crippen molar-refractivity contribution in [3.05, 3.63) is 23.5 Å². The van der Waals surface area contributed by atoms with E-state index in [4.69, 9.17) is 5.11 Å². The number of hydrogen-bond donors (Lipinski definition) is 2. The number of nitrogens with one attached hydrogen (secondary N) is 1. The van der Waals surface area contributed by atoms with Crippen LogP contribution in [0, 0.1) is 0 Å². The van der Waals surface area contributed by atoms with Crippen molar-refractivity contribution in [1.29, 1.82) is 0 Å². The Morgan fingerprint density at radius 2 is 2.00 bits per heavy atom. The minimum atomic E-state index is -4.62. The van der Waals surface area contributed by atoms with Gasteiger partial charge in [-0.15, -0.1) is 0 Å². The van der Waals surface area contributed by atoms with Crippen LogP contribution in [-0.4, -0.2) is 16.1 Å². The molecule has 0 aliphatic rings. The van der Waals surface area contributed by atoms with E-state index < -0.39 is 23.3 Å². The second-order valence-corrected chi connectivity index (χ2v) is 2.09. The molecule has 1 heterocycles. The molecule has 0 aliphatic heterocycles. The molecule has 0 saturated heterocycles. The molecule has 2 N–H and O–H groups in total. The van der Waals surface area contributed by atoms with Crippen LogP contribution in [0.4, 0.5) is 13.2 Å². The summed E-state index contributed by atoms with van der Waals surface area (Å²) in [5.41, 5.74) is -1.92. The predicted octanol–water partition coefficient (Wildman–Crippen LogP) is 1.73. The molecule has 0 spiro atoms. The van der Waals surface area contributed by atoms with Crippen molar-refractivity contribution in [3.63, 3.8) is 0 Å². The highest BCUT2D eigenvalue weighted by molar-refractivity contribution is 5.89. The monoisotopic (exact) mass is 179 g/mol. The summed E-state index contributed by atoms with van der Waals surface area (Å²) >= 11 is 0. The molecule has 0 aromatic carbocycles. The van der Waals surface area contributed by atoms with Crippen molar-refractivity contribution < 1.29 is 23.1 Å². The van der Waals surface area contributed by atoms with Gasteiger partial charge in [-0.1, -0.05) is 0 Å². The number of aromatic carboxylic acids is 1. The Bertz CT molecular complexity index is 302. The largest absolute Gasteiger partial charge is 0.478 e. The number of rotatable bonds is 1. The van der Waals surface area contributed by atoms with Gasteiger partial charge >= 0.3 is 12.1 Å². The van der Waals surface area contributed by atoms with Gasteiger partial charge in [-0.3, -0.25) is 0 Å². The second kappa shape index (κ2) is 2.54. The van der Waals surface area contributed by atoms with Gasteiger partial charge in [0.15, 0.2) is 0 Å². The van der Waals surface area contributed by atoms with Crippen molar-refractivity contribution >= 4 is 5.97 Å². The van der Waals surface area contributed by atoms with Crippen molar-refractivity contribution in [2.24, 2.45) is 0 Å². The summed E-state index contributed by atoms with van der Waals surface area (Å²) in [4.78, 5) is 12.3. The number of H-pyrrole nitrogens is 1. The van der Waals surface area contributed by atoms with Gasteiger partial charge in [0, 0.05) is 12.4 Å². The summed E-state index contributed by atoms with van der Waals surface area (Å²) in [6, 6.07) is 0. The first kappa shape index (κ1) is 8.63. The molecule has 1 rings (SSSR count). The Morgan fingerprint density at radius 3 is 2.33 bits per heavy atom. The number of halogens is 3. The standard InChI is InChI=1S/C6H4F3NO2/c7-6(8,9)4-2-10-1-3(4)5(11)12/h1-2,10H,(H,11,12).